The van der Waals surface area contributed by atoms with Crippen LogP contribution in [-0.4, -0.2) is 54.5 Å². The van der Waals surface area contributed by atoms with Crippen LogP contribution in [0.5, 0.6) is 5.75 Å². The molecule has 1 aliphatic rings. The van der Waals surface area contributed by atoms with Gasteiger partial charge in [0.05, 0.1) is 6.42 Å². The van der Waals surface area contributed by atoms with E-state index in [1.165, 1.54) is 0 Å². The van der Waals surface area contributed by atoms with Crippen LogP contribution in [0, 0.1) is 5.92 Å². The summed E-state index contributed by atoms with van der Waals surface area (Å²) < 4.78 is 5.41. The van der Waals surface area contributed by atoms with Crippen LogP contribution >= 0.6 is 0 Å². The Kier molecular flexibility index (Phi) is 7.44. The Hall–Kier alpha value is -2.57. The van der Waals surface area contributed by atoms with E-state index in [0.29, 0.717) is 18.7 Å². The average Bonchev–Trinajstić information content (AvgIpc) is 2.65. The van der Waals surface area contributed by atoms with Crippen molar-refractivity contribution in [1.29, 1.82) is 0 Å². The smallest absolute Gasteiger partial charge is 0.303 e. The first-order valence-electron chi connectivity index (χ1n) is 8.90. The third-order valence-electron chi connectivity index (χ3n) is 4.54. The number of benzene rings is 1. The Balaban J connectivity index is 1.88. The van der Waals surface area contributed by atoms with Gasteiger partial charge in [-0.05, 0) is 42.9 Å². The minimum absolute atomic E-state index is 0.0356. The molecule has 1 saturated heterocycles. The Morgan fingerprint density at radius 1 is 1.35 bits per heavy atom. The molecule has 2 amide bonds. The minimum Gasteiger partial charge on any atom is -0.484 e. The van der Waals surface area contributed by atoms with Gasteiger partial charge in [-0.1, -0.05) is 12.1 Å². The van der Waals surface area contributed by atoms with Crippen molar-refractivity contribution >= 4 is 17.8 Å². The van der Waals surface area contributed by atoms with Gasteiger partial charge in [0.25, 0.3) is 5.91 Å². The highest BCUT2D eigenvalue weighted by Gasteiger charge is 2.24. The number of carbonyl (C=O) groups excluding carboxylic acids is 2. The summed E-state index contributed by atoms with van der Waals surface area (Å²) in [6, 6.07) is 7.18. The average molecular weight is 362 g/mol. The van der Waals surface area contributed by atoms with E-state index in [2.05, 4.69) is 5.32 Å². The zero-order valence-corrected chi connectivity index (χ0v) is 15.1. The van der Waals surface area contributed by atoms with E-state index >= 15 is 0 Å². The van der Waals surface area contributed by atoms with Crippen molar-refractivity contribution in [2.75, 3.05) is 26.7 Å². The summed E-state index contributed by atoms with van der Waals surface area (Å²) in [6.45, 7) is 1.28. The molecule has 2 rings (SSSR count). The molecule has 2 N–H and O–H groups in total. The number of nitrogens with zero attached hydrogens (tertiary/aromatic N) is 1. The number of carboxylic acids is 1. The molecule has 0 saturated carbocycles. The Labute approximate surface area is 153 Å². The van der Waals surface area contributed by atoms with E-state index in [1.54, 1.807) is 25.2 Å². The third kappa shape index (κ3) is 6.38. The Bertz CT molecular complexity index is 647. The monoisotopic (exact) mass is 362 g/mol. The molecule has 0 bridgehead atoms. The number of rotatable bonds is 8. The highest BCUT2D eigenvalue weighted by Crippen LogP contribution is 2.22. The molecule has 1 unspecified atom stereocenters. The second-order valence-electron chi connectivity index (χ2n) is 6.57. The zero-order valence-electron chi connectivity index (χ0n) is 15.1. The number of carboxylic acid groups (broad SMARTS) is 1. The zero-order chi connectivity index (χ0) is 18.9. The topological polar surface area (TPSA) is 95.9 Å². The van der Waals surface area contributed by atoms with E-state index in [0.717, 1.165) is 24.9 Å². The van der Waals surface area contributed by atoms with Crippen LogP contribution in [0.3, 0.4) is 0 Å². The van der Waals surface area contributed by atoms with Crippen LogP contribution < -0.4 is 10.1 Å². The highest BCUT2D eigenvalue weighted by molar-refractivity contribution is 5.79. The first-order chi connectivity index (χ1) is 12.5. The van der Waals surface area contributed by atoms with Crippen LogP contribution in [-0.2, 0) is 20.8 Å². The fourth-order valence-corrected chi connectivity index (χ4v) is 3.11. The lowest BCUT2D eigenvalue weighted by Gasteiger charge is -2.32. The van der Waals surface area contributed by atoms with Crippen molar-refractivity contribution in [2.24, 2.45) is 5.92 Å². The van der Waals surface area contributed by atoms with Gasteiger partial charge in [0.15, 0.2) is 6.61 Å². The molecular weight excluding hydrogens is 336 g/mol. The first kappa shape index (κ1) is 19.8. The predicted octanol–water partition coefficient (Wildman–Crippen LogP) is 1.46. The first-order valence-corrected chi connectivity index (χ1v) is 8.90. The van der Waals surface area contributed by atoms with Crippen molar-refractivity contribution in [3.8, 4) is 5.75 Å². The fraction of sp³-hybridized carbons (Fsp3) is 0.526. The number of hydrogen-bond donors (Lipinski definition) is 2. The van der Waals surface area contributed by atoms with Gasteiger partial charge in [0, 0.05) is 26.6 Å². The lowest BCUT2D eigenvalue weighted by atomic mass is 9.93. The number of amides is 2. The molecule has 1 aliphatic heterocycles. The standard InChI is InChI=1S/C19H26N2O5/c1-20-17(22)13-26-16-6-2-4-15(10-16)11-18(23)21-9-3-5-14(12-21)7-8-19(24)25/h2,4,6,10,14H,3,5,7-9,11-13H2,1H3,(H,20,22)(H,24,25). The molecule has 1 aromatic rings. The lowest BCUT2D eigenvalue weighted by Crippen LogP contribution is -2.40. The number of aliphatic carboxylic acids is 1. The molecule has 1 heterocycles. The van der Waals surface area contributed by atoms with Crippen LogP contribution in [0.2, 0.25) is 0 Å². The Morgan fingerprint density at radius 3 is 2.88 bits per heavy atom. The summed E-state index contributed by atoms with van der Waals surface area (Å²) in [5.41, 5.74) is 0.831. The molecule has 0 spiro atoms. The fourth-order valence-electron chi connectivity index (χ4n) is 3.11. The normalized spacial score (nSPS) is 16.8. The predicted molar refractivity (Wildman–Crippen MR) is 95.9 cm³/mol. The highest BCUT2D eigenvalue weighted by atomic mass is 16.5. The number of likely N-dealkylation sites (tertiary alicyclic amines) is 1. The van der Waals surface area contributed by atoms with Crippen LogP contribution in [0.15, 0.2) is 24.3 Å². The van der Waals surface area contributed by atoms with E-state index in [4.69, 9.17) is 9.84 Å². The molecule has 142 valence electrons. The minimum atomic E-state index is -0.790. The van der Waals surface area contributed by atoms with E-state index in [1.807, 2.05) is 11.0 Å². The second kappa shape index (κ2) is 9.79. The van der Waals surface area contributed by atoms with Crippen molar-refractivity contribution in [3.63, 3.8) is 0 Å². The lowest BCUT2D eigenvalue weighted by molar-refractivity contribution is -0.137. The number of likely N-dealkylation sites (N-methyl/N-ethyl adjacent to an activating group) is 1. The third-order valence-corrected chi connectivity index (χ3v) is 4.54. The number of hydrogen-bond acceptors (Lipinski definition) is 4. The maximum atomic E-state index is 12.6. The molecular formula is C19H26N2O5. The second-order valence-corrected chi connectivity index (χ2v) is 6.57. The summed E-state index contributed by atoms with van der Waals surface area (Å²) in [7, 11) is 1.54. The van der Waals surface area contributed by atoms with Gasteiger partial charge in [-0.3, -0.25) is 14.4 Å². The molecule has 1 aromatic carbocycles. The molecule has 0 aromatic heterocycles. The van der Waals surface area contributed by atoms with E-state index in [-0.39, 0.29) is 37.2 Å². The number of ether oxygens (including phenoxy) is 1. The van der Waals surface area contributed by atoms with Crippen molar-refractivity contribution in [2.45, 2.75) is 32.1 Å². The maximum Gasteiger partial charge on any atom is 0.303 e. The maximum absolute atomic E-state index is 12.6. The summed E-state index contributed by atoms with van der Waals surface area (Å²) in [5.74, 6) is -0.161. The van der Waals surface area contributed by atoms with Crippen molar-refractivity contribution in [3.05, 3.63) is 29.8 Å². The van der Waals surface area contributed by atoms with Gasteiger partial charge in [-0.15, -0.1) is 0 Å². The quantitative estimate of drug-likeness (QED) is 0.730. The van der Waals surface area contributed by atoms with Crippen molar-refractivity contribution < 1.29 is 24.2 Å². The van der Waals surface area contributed by atoms with Gasteiger partial charge >= 0.3 is 5.97 Å². The van der Waals surface area contributed by atoms with Crippen molar-refractivity contribution in [1.82, 2.24) is 10.2 Å². The van der Waals surface area contributed by atoms with Gasteiger partial charge < -0.3 is 20.1 Å². The molecule has 1 fully saturated rings. The summed E-state index contributed by atoms with van der Waals surface area (Å²) in [6.07, 6.45) is 2.91. The summed E-state index contributed by atoms with van der Waals surface area (Å²) in [5, 5.41) is 11.3. The number of piperidine rings is 1. The molecule has 26 heavy (non-hydrogen) atoms. The summed E-state index contributed by atoms with van der Waals surface area (Å²) >= 11 is 0. The number of carbonyl (C=O) groups is 3. The van der Waals surface area contributed by atoms with Crippen LogP contribution in [0.1, 0.15) is 31.2 Å². The van der Waals surface area contributed by atoms with E-state index < -0.39 is 5.97 Å². The van der Waals surface area contributed by atoms with Gasteiger partial charge in [0.2, 0.25) is 5.91 Å². The summed E-state index contributed by atoms with van der Waals surface area (Å²) in [4.78, 5) is 36.4. The molecule has 7 heteroatoms. The SMILES string of the molecule is CNC(=O)COc1cccc(CC(=O)N2CCCC(CCC(=O)O)C2)c1. The van der Waals surface area contributed by atoms with Gasteiger partial charge in [0.1, 0.15) is 5.75 Å². The molecule has 7 nitrogen and oxygen atoms in total. The van der Waals surface area contributed by atoms with Crippen LogP contribution in [0.4, 0.5) is 0 Å². The number of nitrogens with one attached hydrogen (secondary N) is 1. The largest absolute Gasteiger partial charge is 0.484 e. The van der Waals surface area contributed by atoms with Gasteiger partial charge in [-0.25, -0.2) is 0 Å². The molecule has 0 aliphatic carbocycles. The Morgan fingerprint density at radius 2 is 2.15 bits per heavy atom. The van der Waals surface area contributed by atoms with Crippen LogP contribution in [0.25, 0.3) is 0 Å². The molecule has 1 atom stereocenters. The van der Waals surface area contributed by atoms with Gasteiger partial charge in [-0.2, -0.15) is 0 Å². The van der Waals surface area contributed by atoms with E-state index in [9.17, 15) is 14.4 Å². The molecule has 0 radical (unpaired) electrons.